The minimum Gasteiger partial charge on any atom is -0.477 e. The highest BCUT2D eigenvalue weighted by Crippen LogP contribution is 2.28. The molecule has 4 aromatic rings. The smallest absolute Gasteiger partial charge is 0.346 e. The highest BCUT2D eigenvalue weighted by atomic mass is 32.1. The molecule has 5 nitrogen and oxygen atoms in total. The average Bonchev–Trinajstić information content (AvgIpc) is 3.03. The van der Waals surface area contributed by atoms with Crippen LogP contribution in [0.3, 0.4) is 0 Å². The van der Waals surface area contributed by atoms with Crippen molar-refractivity contribution in [3.8, 4) is 0 Å². The van der Waals surface area contributed by atoms with E-state index in [0.717, 1.165) is 11.3 Å². The van der Waals surface area contributed by atoms with Gasteiger partial charge in [0, 0.05) is 6.42 Å². The van der Waals surface area contributed by atoms with Crippen LogP contribution in [0.25, 0.3) is 10.2 Å². The lowest BCUT2D eigenvalue weighted by Crippen LogP contribution is -2.26. The monoisotopic (exact) mass is 426 g/mol. The number of aryl methyl sites for hydroxylation is 1. The number of nitrogens with zero attached hydrogens (tertiary/aromatic N) is 2. The van der Waals surface area contributed by atoms with Gasteiger partial charge in [0.1, 0.15) is 27.2 Å². The number of carbonyl (C=O) groups is 1. The molecule has 0 saturated carbocycles. The molecule has 2 heterocycles. The molecule has 0 spiro atoms. The molecule has 0 radical (unpaired) electrons. The van der Waals surface area contributed by atoms with Crippen LogP contribution < -0.4 is 5.56 Å². The molecule has 0 atom stereocenters. The van der Waals surface area contributed by atoms with Crippen LogP contribution in [0.1, 0.15) is 32.2 Å². The quantitative estimate of drug-likeness (QED) is 0.514. The zero-order chi connectivity index (χ0) is 21.4. The van der Waals surface area contributed by atoms with E-state index in [1.807, 2.05) is 0 Å². The molecule has 0 aliphatic heterocycles. The first-order chi connectivity index (χ1) is 14.3. The van der Waals surface area contributed by atoms with Crippen molar-refractivity contribution >= 4 is 27.5 Å². The van der Waals surface area contributed by atoms with Crippen molar-refractivity contribution in [2.24, 2.45) is 0 Å². The highest BCUT2D eigenvalue weighted by Gasteiger charge is 2.22. The number of aromatic carboxylic acids is 1. The lowest BCUT2D eigenvalue weighted by atomic mass is 10.1. The van der Waals surface area contributed by atoms with Gasteiger partial charge in [-0.05, 0) is 41.8 Å². The summed E-state index contributed by atoms with van der Waals surface area (Å²) in [4.78, 5) is 29.7. The Labute approximate surface area is 173 Å². The van der Waals surface area contributed by atoms with Crippen LogP contribution in [0.15, 0.2) is 53.3 Å². The summed E-state index contributed by atoms with van der Waals surface area (Å²) in [6.07, 6.45) is 0.0342. The first-order valence-corrected chi connectivity index (χ1v) is 9.90. The van der Waals surface area contributed by atoms with Crippen LogP contribution in [0, 0.1) is 18.6 Å². The van der Waals surface area contributed by atoms with Gasteiger partial charge in [0.2, 0.25) is 0 Å². The fourth-order valence-electron chi connectivity index (χ4n) is 3.39. The van der Waals surface area contributed by atoms with Crippen molar-refractivity contribution in [1.29, 1.82) is 0 Å². The molecule has 0 saturated heterocycles. The Morgan fingerprint density at radius 3 is 2.63 bits per heavy atom. The molecule has 8 heteroatoms. The van der Waals surface area contributed by atoms with Crippen molar-refractivity contribution in [1.82, 2.24) is 9.55 Å². The minimum absolute atomic E-state index is 0.0288. The molecule has 2 aromatic heterocycles. The number of hydrogen-bond donors (Lipinski definition) is 1. The van der Waals surface area contributed by atoms with Crippen LogP contribution in [-0.2, 0) is 13.0 Å². The van der Waals surface area contributed by atoms with Crippen LogP contribution in [0.4, 0.5) is 8.78 Å². The Bertz CT molecular complexity index is 1340. The molecule has 4 rings (SSSR count). The van der Waals surface area contributed by atoms with Crippen molar-refractivity contribution in [2.75, 3.05) is 0 Å². The Hall–Kier alpha value is -3.39. The summed E-state index contributed by atoms with van der Waals surface area (Å²) in [5.41, 5.74) is 0.796. The summed E-state index contributed by atoms with van der Waals surface area (Å²) in [6.45, 7) is 1.59. The standard InChI is InChI=1S/C22H16F2N2O3S/c1-12-18-20(30-19(12)22(28)29)25-17(10-14-6-2-3-8-16(14)24)26(21(18)27)11-13-5-4-7-15(23)9-13/h2-9H,10-11H2,1H3,(H,28,29). The molecule has 0 fully saturated rings. The van der Waals surface area contributed by atoms with Crippen molar-refractivity contribution in [3.63, 3.8) is 0 Å². The first-order valence-electron chi connectivity index (χ1n) is 9.09. The Balaban J connectivity index is 1.94. The second-order valence-corrected chi connectivity index (χ2v) is 7.86. The van der Waals surface area contributed by atoms with Gasteiger partial charge in [-0.3, -0.25) is 9.36 Å². The Morgan fingerprint density at radius 1 is 1.17 bits per heavy atom. The summed E-state index contributed by atoms with van der Waals surface area (Å²) in [5.74, 6) is -1.73. The zero-order valence-electron chi connectivity index (χ0n) is 15.9. The first kappa shape index (κ1) is 19.9. The summed E-state index contributed by atoms with van der Waals surface area (Å²) >= 11 is 0.915. The van der Waals surface area contributed by atoms with Gasteiger partial charge in [-0.1, -0.05) is 30.3 Å². The molecular formula is C22H16F2N2O3S. The maximum atomic E-state index is 14.2. The van der Waals surface area contributed by atoms with Gasteiger partial charge < -0.3 is 5.11 Å². The summed E-state index contributed by atoms with van der Waals surface area (Å²) in [5, 5.41) is 9.63. The van der Waals surface area contributed by atoms with E-state index in [0.29, 0.717) is 16.7 Å². The van der Waals surface area contributed by atoms with Gasteiger partial charge in [-0.15, -0.1) is 11.3 Å². The fraction of sp³-hybridized carbons (Fsp3) is 0.136. The van der Waals surface area contributed by atoms with E-state index in [1.165, 1.54) is 28.8 Å². The lowest BCUT2D eigenvalue weighted by molar-refractivity contribution is 0.0701. The second kappa shape index (κ2) is 7.79. The van der Waals surface area contributed by atoms with Crippen LogP contribution >= 0.6 is 11.3 Å². The zero-order valence-corrected chi connectivity index (χ0v) is 16.7. The average molecular weight is 426 g/mol. The van der Waals surface area contributed by atoms with E-state index in [-0.39, 0.29) is 33.9 Å². The maximum Gasteiger partial charge on any atom is 0.346 e. The normalized spacial score (nSPS) is 11.2. The van der Waals surface area contributed by atoms with Crippen molar-refractivity contribution in [3.05, 3.63) is 97.9 Å². The third-order valence-corrected chi connectivity index (χ3v) is 6.03. The molecule has 1 N–H and O–H groups in total. The van der Waals surface area contributed by atoms with Gasteiger partial charge in [-0.25, -0.2) is 18.6 Å². The number of hydrogen-bond acceptors (Lipinski definition) is 4. The largest absolute Gasteiger partial charge is 0.477 e. The molecule has 0 aliphatic rings. The summed E-state index contributed by atoms with van der Waals surface area (Å²) in [7, 11) is 0. The number of benzene rings is 2. The number of aromatic nitrogens is 2. The topological polar surface area (TPSA) is 72.2 Å². The molecule has 0 aliphatic carbocycles. The summed E-state index contributed by atoms with van der Waals surface area (Å²) in [6, 6.07) is 12.0. The molecule has 0 amide bonds. The molecule has 0 bridgehead atoms. The second-order valence-electron chi connectivity index (χ2n) is 6.86. The number of thiophene rings is 1. The molecule has 152 valence electrons. The van der Waals surface area contributed by atoms with Gasteiger partial charge in [0.25, 0.3) is 5.56 Å². The van der Waals surface area contributed by atoms with Gasteiger partial charge in [0.15, 0.2) is 0 Å². The number of halogens is 2. The van der Waals surface area contributed by atoms with Gasteiger partial charge in [0.05, 0.1) is 11.9 Å². The van der Waals surface area contributed by atoms with Crippen LogP contribution in [0.5, 0.6) is 0 Å². The van der Waals surface area contributed by atoms with Gasteiger partial charge >= 0.3 is 5.97 Å². The van der Waals surface area contributed by atoms with E-state index in [9.17, 15) is 23.5 Å². The van der Waals surface area contributed by atoms with Crippen LogP contribution in [0.2, 0.25) is 0 Å². The molecule has 2 aromatic carbocycles. The molecule has 30 heavy (non-hydrogen) atoms. The Kier molecular flexibility index (Phi) is 5.17. The SMILES string of the molecule is Cc1c(C(=O)O)sc2nc(Cc3ccccc3F)n(Cc3cccc(F)c3)c(=O)c12. The number of carboxylic acids is 1. The van der Waals surface area contributed by atoms with E-state index >= 15 is 0 Å². The molecular weight excluding hydrogens is 410 g/mol. The highest BCUT2D eigenvalue weighted by molar-refractivity contribution is 7.20. The van der Waals surface area contributed by atoms with Crippen molar-refractivity contribution in [2.45, 2.75) is 19.9 Å². The Morgan fingerprint density at radius 2 is 1.93 bits per heavy atom. The predicted molar refractivity (Wildman–Crippen MR) is 110 cm³/mol. The van der Waals surface area contributed by atoms with E-state index in [1.54, 1.807) is 31.2 Å². The number of rotatable bonds is 5. The van der Waals surface area contributed by atoms with E-state index < -0.39 is 23.2 Å². The predicted octanol–water partition coefficient (Wildman–Crippen LogP) is 4.38. The van der Waals surface area contributed by atoms with Crippen LogP contribution in [-0.4, -0.2) is 20.6 Å². The van der Waals surface area contributed by atoms with Gasteiger partial charge in [-0.2, -0.15) is 0 Å². The third-order valence-electron chi connectivity index (χ3n) is 4.86. The number of fused-ring (bicyclic) bond motifs is 1. The third kappa shape index (κ3) is 3.61. The fourth-order valence-corrected chi connectivity index (χ4v) is 4.42. The van der Waals surface area contributed by atoms with Crippen molar-refractivity contribution < 1.29 is 18.7 Å². The van der Waals surface area contributed by atoms with E-state index in [4.69, 9.17) is 0 Å². The maximum absolute atomic E-state index is 14.2. The summed E-state index contributed by atoms with van der Waals surface area (Å²) < 4.78 is 29.3. The number of carboxylic acid groups (broad SMARTS) is 1. The minimum atomic E-state index is -1.14. The van der Waals surface area contributed by atoms with E-state index in [2.05, 4.69) is 4.98 Å². The lowest BCUT2D eigenvalue weighted by Gasteiger charge is -2.13. The molecule has 0 unspecified atom stereocenters.